The highest BCUT2D eigenvalue weighted by Gasteiger charge is 2.49. The van der Waals surface area contributed by atoms with Crippen molar-refractivity contribution in [3.63, 3.8) is 0 Å². The number of nitrogens with zero attached hydrogens (tertiary/aromatic N) is 1. The van der Waals surface area contributed by atoms with E-state index in [1.807, 2.05) is 6.92 Å². The van der Waals surface area contributed by atoms with Gasteiger partial charge in [-0.05, 0) is 30.5 Å². The number of carboxylic acid groups (broad SMARTS) is 1. The summed E-state index contributed by atoms with van der Waals surface area (Å²) in [5, 5.41) is 29.2. The fraction of sp³-hybridized carbons (Fsp3) is 0.529. The minimum absolute atomic E-state index is 0.0228. The van der Waals surface area contributed by atoms with Gasteiger partial charge >= 0.3 is 5.97 Å². The largest absolute Gasteiger partial charge is 0.508 e. The van der Waals surface area contributed by atoms with E-state index in [-0.39, 0.29) is 31.0 Å². The average Bonchev–Trinajstić information content (AvgIpc) is 2.49. The summed E-state index contributed by atoms with van der Waals surface area (Å²) >= 11 is 0. The molecule has 1 amide bonds. The first kappa shape index (κ1) is 17.3. The Morgan fingerprint density at radius 2 is 2.13 bits per heavy atom. The first-order valence-corrected chi connectivity index (χ1v) is 7.86. The Morgan fingerprint density at radius 3 is 2.74 bits per heavy atom. The number of amides is 1. The Labute approximate surface area is 135 Å². The fourth-order valence-electron chi connectivity index (χ4n) is 3.25. The second kappa shape index (κ2) is 7.00. The Balaban J connectivity index is 2.13. The summed E-state index contributed by atoms with van der Waals surface area (Å²) in [6.45, 7) is 2.23. The summed E-state index contributed by atoms with van der Waals surface area (Å²) in [7, 11) is 0. The van der Waals surface area contributed by atoms with Crippen molar-refractivity contribution in [2.24, 2.45) is 5.41 Å². The average molecular weight is 321 g/mol. The van der Waals surface area contributed by atoms with Crippen LogP contribution < -0.4 is 0 Å². The van der Waals surface area contributed by atoms with Crippen molar-refractivity contribution >= 4 is 11.9 Å². The topological polar surface area (TPSA) is 98.1 Å². The summed E-state index contributed by atoms with van der Waals surface area (Å²) in [5.74, 6) is -1.15. The van der Waals surface area contributed by atoms with Crippen LogP contribution in [0.1, 0.15) is 31.7 Å². The third-order valence-corrected chi connectivity index (χ3v) is 4.52. The molecule has 1 fully saturated rings. The molecule has 1 aromatic rings. The lowest BCUT2D eigenvalue weighted by Gasteiger charge is -2.43. The maximum absolute atomic E-state index is 12.5. The van der Waals surface area contributed by atoms with Gasteiger partial charge in [0.05, 0.1) is 12.5 Å². The lowest BCUT2D eigenvalue weighted by molar-refractivity contribution is -0.166. The van der Waals surface area contributed by atoms with Gasteiger partial charge in [-0.15, -0.1) is 0 Å². The number of likely N-dealkylation sites (tertiary alicyclic amines) is 1. The standard InChI is InChI=1S/C17H23NO5/c1-2-7-17(16(22)23)11-18(8-6-14(17)20)15(21)10-12-4-3-5-13(19)9-12/h3-5,9,14,19-20H,2,6-8,10-11H2,1H3,(H,22,23)/t14-,17+/m0/s1. The highest BCUT2D eigenvalue weighted by Crippen LogP contribution is 2.35. The highest BCUT2D eigenvalue weighted by atomic mass is 16.4. The molecule has 0 saturated carbocycles. The van der Waals surface area contributed by atoms with Gasteiger partial charge < -0.3 is 20.2 Å². The first-order valence-electron chi connectivity index (χ1n) is 7.86. The Hall–Kier alpha value is -2.08. The van der Waals surface area contributed by atoms with Crippen LogP contribution in [0.15, 0.2) is 24.3 Å². The van der Waals surface area contributed by atoms with Crippen molar-refractivity contribution < 1.29 is 24.9 Å². The number of carbonyl (C=O) groups excluding carboxylic acids is 1. The molecule has 0 bridgehead atoms. The molecular formula is C17H23NO5. The number of aliphatic hydroxyl groups is 1. The highest BCUT2D eigenvalue weighted by molar-refractivity contribution is 5.81. The van der Waals surface area contributed by atoms with Gasteiger partial charge in [-0.2, -0.15) is 0 Å². The van der Waals surface area contributed by atoms with Crippen LogP contribution in [-0.4, -0.2) is 51.3 Å². The van der Waals surface area contributed by atoms with Crippen molar-refractivity contribution in [3.05, 3.63) is 29.8 Å². The van der Waals surface area contributed by atoms with Crippen LogP contribution in [0.4, 0.5) is 0 Å². The predicted octanol–water partition coefficient (Wildman–Crippen LogP) is 1.40. The number of aliphatic carboxylic acids is 1. The third kappa shape index (κ3) is 3.64. The molecule has 6 nitrogen and oxygen atoms in total. The van der Waals surface area contributed by atoms with Crippen molar-refractivity contribution in [1.82, 2.24) is 4.90 Å². The molecule has 2 rings (SSSR count). The summed E-state index contributed by atoms with van der Waals surface area (Å²) in [6.07, 6.45) is 0.381. The minimum Gasteiger partial charge on any atom is -0.508 e. The monoisotopic (exact) mass is 321 g/mol. The molecule has 1 aromatic carbocycles. The molecule has 0 aliphatic carbocycles. The molecule has 1 heterocycles. The molecule has 1 aliphatic rings. The van der Waals surface area contributed by atoms with Gasteiger partial charge in [-0.25, -0.2) is 0 Å². The Morgan fingerprint density at radius 1 is 1.39 bits per heavy atom. The third-order valence-electron chi connectivity index (χ3n) is 4.52. The number of rotatable bonds is 5. The van der Waals surface area contributed by atoms with Crippen LogP contribution in [0.2, 0.25) is 0 Å². The van der Waals surface area contributed by atoms with Crippen LogP contribution in [0.3, 0.4) is 0 Å². The summed E-state index contributed by atoms with van der Waals surface area (Å²) in [6, 6.07) is 6.46. The molecule has 0 radical (unpaired) electrons. The lowest BCUT2D eigenvalue weighted by atomic mass is 9.74. The van der Waals surface area contributed by atoms with Gasteiger partial charge in [0, 0.05) is 13.1 Å². The first-order chi connectivity index (χ1) is 10.9. The number of hydrogen-bond acceptors (Lipinski definition) is 4. The van der Waals surface area contributed by atoms with Crippen molar-refractivity contribution in [2.75, 3.05) is 13.1 Å². The zero-order chi connectivity index (χ0) is 17.0. The SMILES string of the molecule is CCC[C@@]1(C(=O)O)CN(C(=O)Cc2cccc(O)c2)CC[C@@H]1O. The molecule has 3 N–H and O–H groups in total. The van der Waals surface area contributed by atoms with Crippen LogP contribution in [0, 0.1) is 5.41 Å². The smallest absolute Gasteiger partial charge is 0.314 e. The Kier molecular flexibility index (Phi) is 5.26. The van der Waals surface area contributed by atoms with Gasteiger partial charge in [-0.3, -0.25) is 9.59 Å². The second-order valence-corrected chi connectivity index (χ2v) is 6.18. The molecule has 0 spiro atoms. The maximum atomic E-state index is 12.5. The van der Waals surface area contributed by atoms with E-state index in [0.29, 0.717) is 24.9 Å². The molecular weight excluding hydrogens is 298 g/mol. The molecule has 2 atom stereocenters. The number of aromatic hydroxyl groups is 1. The van der Waals surface area contributed by atoms with E-state index in [2.05, 4.69) is 0 Å². The summed E-state index contributed by atoms with van der Waals surface area (Å²) in [5.41, 5.74) is -0.612. The van der Waals surface area contributed by atoms with E-state index >= 15 is 0 Å². The van der Waals surface area contributed by atoms with E-state index in [0.717, 1.165) is 0 Å². The van der Waals surface area contributed by atoms with Crippen LogP contribution >= 0.6 is 0 Å². The van der Waals surface area contributed by atoms with Crippen LogP contribution in [0.5, 0.6) is 5.75 Å². The van der Waals surface area contributed by atoms with Gasteiger partial charge in [0.1, 0.15) is 11.2 Å². The Bertz CT molecular complexity index is 588. The minimum atomic E-state index is -1.29. The fourth-order valence-corrected chi connectivity index (χ4v) is 3.25. The van der Waals surface area contributed by atoms with E-state index in [1.54, 1.807) is 12.1 Å². The number of hydrogen-bond donors (Lipinski definition) is 3. The number of phenolic OH excluding ortho intramolecular Hbond substituents is 1. The zero-order valence-corrected chi connectivity index (χ0v) is 13.2. The number of benzene rings is 1. The number of aliphatic hydroxyl groups excluding tert-OH is 1. The van der Waals surface area contributed by atoms with E-state index in [4.69, 9.17) is 0 Å². The zero-order valence-electron chi connectivity index (χ0n) is 13.2. The van der Waals surface area contributed by atoms with E-state index in [1.165, 1.54) is 17.0 Å². The quantitative estimate of drug-likeness (QED) is 0.761. The van der Waals surface area contributed by atoms with Gasteiger partial charge in [-0.1, -0.05) is 25.5 Å². The van der Waals surface area contributed by atoms with Crippen LogP contribution in [0.25, 0.3) is 0 Å². The van der Waals surface area contributed by atoms with Crippen molar-refractivity contribution in [3.8, 4) is 5.75 Å². The second-order valence-electron chi connectivity index (χ2n) is 6.18. The predicted molar refractivity (Wildman–Crippen MR) is 84.0 cm³/mol. The molecule has 126 valence electrons. The molecule has 1 saturated heterocycles. The lowest BCUT2D eigenvalue weighted by Crippen LogP contribution is -2.57. The van der Waals surface area contributed by atoms with Gasteiger partial charge in [0.25, 0.3) is 0 Å². The summed E-state index contributed by atoms with van der Waals surface area (Å²) in [4.78, 5) is 25.7. The van der Waals surface area contributed by atoms with Crippen molar-refractivity contribution in [1.29, 1.82) is 0 Å². The molecule has 23 heavy (non-hydrogen) atoms. The van der Waals surface area contributed by atoms with Crippen LogP contribution in [-0.2, 0) is 16.0 Å². The van der Waals surface area contributed by atoms with E-state index in [9.17, 15) is 24.9 Å². The van der Waals surface area contributed by atoms with Crippen molar-refractivity contribution in [2.45, 2.75) is 38.7 Å². The number of piperidine rings is 1. The number of carboxylic acids is 1. The number of carbonyl (C=O) groups is 2. The number of phenols is 1. The maximum Gasteiger partial charge on any atom is 0.314 e. The van der Waals surface area contributed by atoms with Gasteiger partial charge in [0.15, 0.2) is 0 Å². The normalized spacial score (nSPS) is 24.4. The van der Waals surface area contributed by atoms with E-state index < -0.39 is 17.5 Å². The molecule has 0 unspecified atom stereocenters. The van der Waals surface area contributed by atoms with Gasteiger partial charge in [0.2, 0.25) is 5.91 Å². The molecule has 1 aliphatic heterocycles. The summed E-state index contributed by atoms with van der Waals surface area (Å²) < 4.78 is 0. The molecule has 6 heteroatoms. The molecule has 0 aromatic heterocycles.